The van der Waals surface area contributed by atoms with Gasteiger partial charge in [0, 0.05) is 21.0 Å². The van der Waals surface area contributed by atoms with Crippen LogP contribution in [0.2, 0.25) is 5.02 Å². The Bertz CT molecular complexity index is 1090. The quantitative estimate of drug-likeness (QED) is 0.480. The van der Waals surface area contributed by atoms with Crippen molar-refractivity contribution in [2.45, 2.75) is 12.0 Å². The van der Waals surface area contributed by atoms with Crippen LogP contribution >= 0.6 is 27.5 Å². The van der Waals surface area contributed by atoms with E-state index in [-0.39, 0.29) is 12.5 Å². The number of hydrogen-bond donors (Lipinski definition) is 2. The van der Waals surface area contributed by atoms with Gasteiger partial charge in [-0.25, -0.2) is 9.59 Å². The topological polar surface area (TPSA) is 75.6 Å². The normalized spacial score (nSPS) is 13.3. The van der Waals surface area contributed by atoms with Crippen LogP contribution in [0.4, 0.5) is 4.79 Å². The van der Waals surface area contributed by atoms with Crippen LogP contribution < -0.4 is 5.32 Å². The minimum atomic E-state index is -1.27. The lowest BCUT2D eigenvalue weighted by Crippen LogP contribution is -2.35. The van der Waals surface area contributed by atoms with Crippen LogP contribution in [0.15, 0.2) is 71.2 Å². The molecule has 0 saturated heterocycles. The van der Waals surface area contributed by atoms with Gasteiger partial charge in [0.15, 0.2) is 6.04 Å². The number of benzene rings is 3. The summed E-state index contributed by atoms with van der Waals surface area (Å²) in [4.78, 5) is 24.2. The molecule has 3 aromatic carbocycles. The third-order valence-corrected chi connectivity index (χ3v) is 6.05. The summed E-state index contributed by atoms with van der Waals surface area (Å²) in [5.41, 5.74) is 4.79. The zero-order valence-electron chi connectivity index (χ0n) is 15.6. The molecule has 0 aliphatic heterocycles. The number of carbonyl (C=O) groups is 2. The monoisotopic (exact) mass is 485 g/mol. The SMILES string of the molecule is O=C(NC(C(=O)O)c1ccc(Cl)cc1Br)OCC1c2ccccc2-c2ccccc21. The molecule has 4 rings (SSSR count). The summed E-state index contributed by atoms with van der Waals surface area (Å²) >= 11 is 9.22. The molecule has 1 unspecified atom stereocenters. The molecule has 5 nitrogen and oxygen atoms in total. The number of fused-ring (bicyclic) bond motifs is 3. The van der Waals surface area contributed by atoms with Gasteiger partial charge in [-0.3, -0.25) is 0 Å². The van der Waals surface area contributed by atoms with Crippen molar-refractivity contribution in [1.29, 1.82) is 0 Å². The van der Waals surface area contributed by atoms with E-state index in [0.717, 1.165) is 22.3 Å². The number of halogens is 2. The number of hydrogen-bond acceptors (Lipinski definition) is 3. The van der Waals surface area contributed by atoms with E-state index in [1.807, 2.05) is 48.5 Å². The van der Waals surface area contributed by atoms with E-state index in [1.54, 1.807) is 18.2 Å². The van der Waals surface area contributed by atoms with E-state index >= 15 is 0 Å². The number of alkyl carbamates (subject to hydrolysis) is 1. The van der Waals surface area contributed by atoms with E-state index < -0.39 is 18.1 Å². The summed E-state index contributed by atoms with van der Waals surface area (Å²) in [6.07, 6.45) is -0.800. The number of nitrogens with one attached hydrogen (secondary N) is 1. The second-order valence-corrected chi connectivity index (χ2v) is 8.20. The van der Waals surface area contributed by atoms with Gasteiger partial charge in [-0.15, -0.1) is 0 Å². The van der Waals surface area contributed by atoms with Crippen LogP contribution in [0, 0.1) is 0 Å². The Morgan fingerprint density at radius 1 is 1.03 bits per heavy atom. The Morgan fingerprint density at radius 3 is 2.20 bits per heavy atom. The van der Waals surface area contributed by atoms with Gasteiger partial charge in [-0.2, -0.15) is 0 Å². The van der Waals surface area contributed by atoms with Crippen LogP contribution in [0.25, 0.3) is 11.1 Å². The fourth-order valence-electron chi connectivity index (χ4n) is 3.77. The Kier molecular flexibility index (Phi) is 5.79. The summed E-state index contributed by atoms with van der Waals surface area (Å²) < 4.78 is 5.94. The minimum Gasteiger partial charge on any atom is -0.479 e. The minimum absolute atomic E-state index is 0.103. The highest BCUT2D eigenvalue weighted by Gasteiger charge is 2.30. The maximum Gasteiger partial charge on any atom is 0.408 e. The van der Waals surface area contributed by atoms with Crippen molar-refractivity contribution in [3.8, 4) is 11.1 Å². The van der Waals surface area contributed by atoms with Crippen LogP contribution in [0.3, 0.4) is 0 Å². The van der Waals surface area contributed by atoms with Crippen LogP contribution in [-0.2, 0) is 9.53 Å². The molecule has 7 heteroatoms. The van der Waals surface area contributed by atoms with E-state index in [1.165, 1.54) is 0 Å². The van der Waals surface area contributed by atoms with Gasteiger partial charge in [-0.1, -0.05) is 82.1 Å². The fraction of sp³-hybridized carbons (Fsp3) is 0.130. The lowest BCUT2D eigenvalue weighted by molar-refractivity contribution is -0.139. The number of carboxylic acids is 1. The third-order valence-electron chi connectivity index (χ3n) is 5.13. The van der Waals surface area contributed by atoms with Gasteiger partial charge in [0.2, 0.25) is 0 Å². The molecule has 1 aliphatic carbocycles. The Hall–Kier alpha value is -2.83. The molecule has 0 spiro atoms. The Labute approximate surface area is 186 Å². The van der Waals surface area contributed by atoms with Crippen LogP contribution in [-0.4, -0.2) is 23.8 Å². The van der Waals surface area contributed by atoms with Gasteiger partial charge in [0.25, 0.3) is 0 Å². The summed E-state index contributed by atoms with van der Waals surface area (Å²) in [6.45, 7) is 0.105. The molecule has 0 saturated carbocycles. The number of rotatable bonds is 5. The van der Waals surface area contributed by atoms with Gasteiger partial charge in [-0.05, 0) is 34.4 Å². The van der Waals surface area contributed by atoms with Crippen molar-refractivity contribution in [2.75, 3.05) is 6.61 Å². The van der Waals surface area contributed by atoms with Crippen molar-refractivity contribution in [3.63, 3.8) is 0 Å². The zero-order chi connectivity index (χ0) is 21.3. The highest BCUT2D eigenvalue weighted by molar-refractivity contribution is 9.10. The number of ether oxygens (including phenoxy) is 1. The van der Waals surface area contributed by atoms with E-state index in [9.17, 15) is 14.7 Å². The molecule has 0 bridgehead atoms. The molecule has 1 atom stereocenters. The van der Waals surface area contributed by atoms with Crippen molar-refractivity contribution in [2.24, 2.45) is 0 Å². The van der Waals surface area contributed by atoms with Crippen LogP contribution in [0.5, 0.6) is 0 Å². The highest BCUT2D eigenvalue weighted by Crippen LogP contribution is 2.44. The highest BCUT2D eigenvalue weighted by atomic mass is 79.9. The lowest BCUT2D eigenvalue weighted by Gasteiger charge is -2.18. The molecular weight excluding hydrogens is 470 g/mol. The first-order valence-electron chi connectivity index (χ1n) is 9.25. The standard InChI is InChI=1S/C23H17BrClNO4/c24-20-11-13(25)9-10-18(20)21(22(27)28)26-23(29)30-12-19-16-7-3-1-5-14(16)15-6-2-4-8-17(15)19/h1-11,19,21H,12H2,(H,26,29)(H,27,28). The predicted molar refractivity (Wildman–Crippen MR) is 118 cm³/mol. The van der Waals surface area contributed by atoms with Gasteiger partial charge in [0.1, 0.15) is 6.61 Å². The molecule has 0 heterocycles. The summed E-state index contributed by atoms with van der Waals surface area (Å²) in [5.74, 6) is -1.31. The maximum absolute atomic E-state index is 12.5. The first-order chi connectivity index (χ1) is 14.5. The van der Waals surface area contributed by atoms with E-state index in [4.69, 9.17) is 16.3 Å². The van der Waals surface area contributed by atoms with Gasteiger partial charge >= 0.3 is 12.1 Å². The van der Waals surface area contributed by atoms with E-state index in [2.05, 4.69) is 21.2 Å². The molecule has 2 N–H and O–H groups in total. The summed E-state index contributed by atoms with van der Waals surface area (Å²) in [6, 6.07) is 19.4. The molecule has 152 valence electrons. The van der Waals surface area contributed by atoms with E-state index in [0.29, 0.717) is 15.1 Å². The van der Waals surface area contributed by atoms with Gasteiger partial charge in [0.05, 0.1) is 0 Å². The summed E-state index contributed by atoms with van der Waals surface area (Å²) in [7, 11) is 0. The molecule has 0 radical (unpaired) electrons. The maximum atomic E-state index is 12.5. The molecule has 1 aliphatic rings. The number of amides is 1. The second kappa shape index (κ2) is 8.50. The molecule has 0 fully saturated rings. The third kappa shape index (κ3) is 3.93. The lowest BCUT2D eigenvalue weighted by atomic mass is 9.98. The first kappa shape index (κ1) is 20.4. The number of carbonyl (C=O) groups excluding carboxylic acids is 1. The first-order valence-corrected chi connectivity index (χ1v) is 10.4. The van der Waals surface area contributed by atoms with Crippen molar-refractivity contribution in [1.82, 2.24) is 5.32 Å². The molecule has 0 aromatic heterocycles. The summed E-state index contributed by atoms with van der Waals surface area (Å²) in [5, 5.41) is 12.5. The largest absolute Gasteiger partial charge is 0.479 e. The second-order valence-electron chi connectivity index (χ2n) is 6.91. The molecule has 1 amide bonds. The molecule has 3 aromatic rings. The average molecular weight is 487 g/mol. The zero-order valence-corrected chi connectivity index (χ0v) is 18.0. The molecule has 30 heavy (non-hydrogen) atoms. The number of carboxylic acid groups (broad SMARTS) is 1. The van der Waals surface area contributed by atoms with Crippen molar-refractivity contribution >= 4 is 39.6 Å². The van der Waals surface area contributed by atoms with Crippen molar-refractivity contribution < 1.29 is 19.4 Å². The van der Waals surface area contributed by atoms with Crippen molar-refractivity contribution in [3.05, 3.63) is 92.9 Å². The smallest absolute Gasteiger partial charge is 0.408 e. The Morgan fingerprint density at radius 2 is 1.63 bits per heavy atom. The average Bonchev–Trinajstić information content (AvgIpc) is 3.05. The number of aliphatic carboxylic acids is 1. The van der Waals surface area contributed by atoms with Crippen LogP contribution in [0.1, 0.15) is 28.7 Å². The predicted octanol–water partition coefficient (Wildman–Crippen LogP) is 5.77. The molecular formula is C23H17BrClNO4. The van der Waals surface area contributed by atoms with Gasteiger partial charge < -0.3 is 15.2 Å². The Balaban J connectivity index is 1.50. The fourth-order valence-corrected chi connectivity index (χ4v) is 4.68.